The van der Waals surface area contributed by atoms with Crippen LogP contribution < -0.4 is 0 Å². The van der Waals surface area contributed by atoms with Crippen LogP contribution in [-0.4, -0.2) is 11.1 Å². The predicted octanol–water partition coefficient (Wildman–Crippen LogP) is 2.84. The van der Waals surface area contributed by atoms with E-state index >= 15 is 0 Å². The van der Waals surface area contributed by atoms with Gasteiger partial charge in [0.1, 0.15) is 0 Å². The minimum Gasteiger partial charge on any atom is -0.478 e. The maximum Gasteiger partial charge on any atom is 0.327 e. The number of carboxylic acids is 1. The van der Waals surface area contributed by atoms with Crippen LogP contribution in [0.15, 0.2) is 43.0 Å². The van der Waals surface area contributed by atoms with Crippen LogP contribution in [-0.2, 0) is 10.1 Å². The number of halogens is 1. The van der Waals surface area contributed by atoms with Gasteiger partial charge in [0.05, 0.1) is 0 Å². The average molecular weight is 243 g/mol. The molecule has 3 heteroatoms. The van der Waals surface area contributed by atoms with Crippen molar-refractivity contribution in [1.29, 1.82) is 0 Å². The van der Waals surface area contributed by atoms with Crippen LogP contribution in [0.25, 0.3) is 0 Å². The normalized spacial score (nSPS) is 8.08. The Hall–Kier alpha value is -1.09. The quantitative estimate of drug-likeness (QED) is 0.640. The van der Waals surface area contributed by atoms with E-state index in [-0.39, 0.29) is 0 Å². The summed E-state index contributed by atoms with van der Waals surface area (Å²) in [5.74, 6) is -0.981. The van der Waals surface area contributed by atoms with E-state index in [1.165, 1.54) is 5.56 Å². The van der Waals surface area contributed by atoms with Gasteiger partial charge in [-0.05, 0) is 5.56 Å². The molecule has 0 aromatic heterocycles. The Kier molecular flexibility index (Phi) is 6.92. The van der Waals surface area contributed by atoms with Gasteiger partial charge in [-0.2, -0.15) is 0 Å². The lowest BCUT2D eigenvalue weighted by molar-refractivity contribution is -0.131. The van der Waals surface area contributed by atoms with E-state index < -0.39 is 5.97 Å². The third-order valence-corrected chi connectivity index (χ3v) is 1.82. The summed E-state index contributed by atoms with van der Waals surface area (Å²) in [6.45, 7) is 2.96. The SMILES string of the molecule is BrCc1ccccc1.C=CC(=O)O. The molecule has 0 unspecified atom stereocenters. The number of hydrogen-bond acceptors (Lipinski definition) is 1. The molecule has 0 aliphatic carbocycles. The highest BCUT2D eigenvalue weighted by Gasteiger charge is 1.81. The fourth-order valence-electron chi connectivity index (χ4n) is 0.567. The number of carboxylic acid groups (broad SMARTS) is 1. The van der Waals surface area contributed by atoms with Crippen molar-refractivity contribution < 1.29 is 9.90 Å². The molecule has 0 atom stereocenters. The van der Waals surface area contributed by atoms with Gasteiger partial charge in [-0.3, -0.25) is 0 Å². The standard InChI is InChI=1S/C7H7Br.C3H4O2/c8-6-7-4-2-1-3-5-7;1-2-3(4)5/h1-5H,6H2;2H,1H2,(H,4,5). The zero-order chi connectivity index (χ0) is 10.1. The molecular weight excluding hydrogens is 232 g/mol. The van der Waals surface area contributed by atoms with Gasteiger partial charge < -0.3 is 5.11 Å². The van der Waals surface area contributed by atoms with Gasteiger partial charge in [0.2, 0.25) is 0 Å². The molecule has 0 aliphatic heterocycles. The summed E-state index contributed by atoms with van der Waals surface area (Å²) in [5, 5.41) is 8.56. The van der Waals surface area contributed by atoms with E-state index in [2.05, 4.69) is 34.6 Å². The number of alkyl halides is 1. The molecule has 0 amide bonds. The van der Waals surface area contributed by atoms with E-state index in [0.717, 1.165) is 11.4 Å². The minimum absolute atomic E-state index is 0.833. The summed E-state index contributed by atoms with van der Waals surface area (Å²) in [7, 11) is 0. The van der Waals surface area contributed by atoms with Crippen molar-refractivity contribution in [3.05, 3.63) is 48.6 Å². The summed E-state index contributed by atoms with van der Waals surface area (Å²) in [6.07, 6.45) is 0.833. The molecule has 0 fully saturated rings. The molecule has 13 heavy (non-hydrogen) atoms. The Bertz CT molecular complexity index is 257. The molecule has 1 aromatic carbocycles. The Labute approximate surface area is 86.0 Å². The number of aliphatic carboxylic acids is 1. The number of benzene rings is 1. The summed E-state index contributed by atoms with van der Waals surface area (Å²) < 4.78 is 0. The first-order valence-corrected chi connectivity index (χ1v) is 4.78. The van der Waals surface area contributed by atoms with Gasteiger partial charge in [0.15, 0.2) is 0 Å². The van der Waals surface area contributed by atoms with Crippen molar-refractivity contribution in [3.63, 3.8) is 0 Å². The lowest BCUT2D eigenvalue weighted by Crippen LogP contribution is -1.82. The topological polar surface area (TPSA) is 37.3 Å². The molecule has 2 nitrogen and oxygen atoms in total. The van der Waals surface area contributed by atoms with Crippen LogP contribution in [0, 0.1) is 0 Å². The van der Waals surface area contributed by atoms with Crippen LogP contribution >= 0.6 is 15.9 Å². The summed E-state index contributed by atoms with van der Waals surface area (Å²) in [5.41, 5.74) is 1.33. The van der Waals surface area contributed by atoms with E-state index in [1.54, 1.807) is 0 Å². The maximum absolute atomic E-state index is 9.25. The molecule has 0 spiro atoms. The Morgan fingerprint density at radius 3 is 2.15 bits per heavy atom. The van der Waals surface area contributed by atoms with Crippen molar-refractivity contribution >= 4 is 21.9 Å². The first-order chi connectivity index (χ1) is 6.20. The van der Waals surface area contributed by atoms with Crippen molar-refractivity contribution in [2.24, 2.45) is 0 Å². The van der Waals surface area contributed by atoms with Crippen molar-refractivity contribution in [1.82, 2.24) is 0 Å². The first kappa shape index (κ1) is 11.9. The third kappa shape index (κ3) is 7.28. The molecule has 0 aliphatic rings. The average Bonchev–Trinajstić information content (AvgIpc) is 2.20. The maximum atomic E-state index is 9.25. The minimum atomic E-state index is -0.981. The first-order valence-electron chi connectivity index (χ1n) is 3.66. The molecule has 0 radical (unpaired) electrons. The van der Waals surface area contributed by atoms with Gasteiger partial charge in [0, 0.05) is 11.4 Å². The predicted molar refractivity (Wildman–Crippen MR) is 56.9 cm³/mol. The molecule has 1 aromatic rings. The third-order valence-electron chi connectivity index (χ3n) is 1.17. The fraction of sp³-hybridized carbons (Fsp3) is 0.100. The Morgan fingerprint density at radius 2 is 1.92 bits per heavy atom. The van der Waals surface area contributed by atoms with Gasteiger partial charge in [-0.25, -0.2) is 4.79 Å². The highest BCUT2D eigenvalue weighted by molar-refractivity contribution is 9.08. The van der Waals surface area contributed by atoms with Crippen LogP contribution in [0.3, 0.4) is 0 Å². The van der Waals surface area contributed by atoms with Crippen LogP contribution in [0.4, 0.5) is 0 Å². The molecule has 0 saturated heterocycles. The molecule has 0 bridgehead atoms. The summed E-state index contributed by atoms with van der Waals surface area (Å²) in [6, 6.07) is 10.3. The summed E-state index contributed by atoms with van der Waals surface area (Å²) in [4.78, 5) is 9.25. The van der Waals surface area contributed by atoms with Crippen LogP contribution in [0.1, 0.15) is 5.56 Å². The zero-order valence-electron chi connectivity index (χ0n) is 7.11. The number of rotatable bonds is 2. The molecule has 70 valence electrons. The van der Waals surface area contributed by atoms with Crippen LogP contribution in [0.5, 0.6) is 0 Å². The van der Waals surface area contributed by atoms with Crippen molar-refractivity contribution in [2.45, 2.75) is 5.33 Å². The van der Waals surface area contributed by atoms with E-state index in [0.29, 0.717) is 0 Å². The van der Waals surface area contributed by atoms with E-state index in [4.69, 9.17) is 5.11 Å². The largest absolute Gasteiger partial charge is 0.478 e. The Balaban J connectivity index is 0.000000252. The lowest BCUT2D eigenvalue weighted by atomic mass is 10.2. The lowest BCUT2D eigenvalue weighted by Gasteiger charge is -1.88. The Morgan fingerprint density at radius 1 is 1.46 bits per heavy atom. The number of carbonyl (C=O) groups is 1. The molecule has 1 N–H and O–H groups in total. The number of hydrogen-bond donors (Lipinski definition) is 1. The highest BCUT2D eigenvalue weighted by atomic mass is 79.9. The van der Waals surface area contributed by atoms with Gasteiger partial charge >= 0.3 is 5.97 Å². The molecule has 1 rings (SSSR count). The second kappa shape index (κ2) is 7.55. The smallest absolute Gasteiger partial charge is 0.327 e. The second-order valence-electron chi connectivity index (χ2n) is 2.16. The van der Waals surface area contributed by atoms with E-state index in [1.807, 2.05) is 18.2 Å². The molecule has 0 heterocycles. The van der Waals surface area contributed by atoms with Crippen molar-refractivity contribution in [3.8, 4) is 0 Å². The summed E-state index contributed by atoms with van der Waals surface area (Å²) >= 11 is 3.36. The van der Waals surface area contributed by atoms with Gasteiger partial charge in [-0.15, -0.1) is 0 Å². The van der Waals surface area contributed by atoms with Gasteiger partial charge in [-0.1, -0.05) is 52.8 Å². The van der Waals surface area contributed by atoms with Gasteiger partial charge in [0.25, 0.3) is 0 Å². The monoisotopic (exact) mass is 242 g/mol. The molecular formula is C10H11BrO2. The van der Waals surface area contributed by atoms with Crippen molar-refractivity contribution in [2.75, 3.05) is 0 Å². The van der Waals surface area contributed by atoms with Crippen LogP contribution in [0.2, 0.25) is 0 Å². The highest BCUT2D eigenvalue weighted by Crippen LogP contribution is 2.02. The fourth-order valence-corrected chi connectivity index (χ4v) is 0.941. The molecule has 0 saturated carbocycles. The van der Waals surface area contributed by atoms with E-state index in [9.17, 15) is 4.79 Å². The zero-order valence-corrected chi connectivity index (χ0v) is 8.70. The second-order valence-corrected chi connectivity index (χ2v) is 2.72.